The first-order valence-corrected chi connectivity index (χ1v) is 11.2. The van der Waals surface area contributed by atoms with Crippen molar-refractivity contribution in [2.75, 3.05) is 6.54 Å². The first-order chi connectivity index (χ1) is 16.6. The van der Waals surface area contributed by atoms with Crippen LogP contribution in [-0.4, -0.2) is 35.6 Å². The largest absolute Gasteiger partial charge is 0.476 e. The van der Waals surface area contributed by atoms with Crippen LogP contribution in [0.2, 0.25) is 0 Å². The number of amides is 1. The molecule has 1 aliphatic heterocycles. The number of hydrogen-bond acceptors (Lipinski definition) is 6. The van der Waals surface area contributed by atoms with Gasteiger partial charge in [-0.15, -0.1) is 0 Å². The summed E-state index contributed by atoms with van der Waals surface area (Å²) < 4.78 is 11.5. The standard InChI is InChI=1S/C27H27N3O4/c28-22(14-15-25(29)33-18-19-8-2-1-3-9-19)27(32)30(16-17-31)26-20-10-4-6-12-23(20)34-24-13-7-5-11-21(24)26/h1-13,17,22,26,29H,14-16,18,28H2/t22-/m0/s1. The lowest BCUT2D eigenvalue weighted by Crippen LogP contribution is -2.47. The first-order valence-electron chi connectivity index (χ1n) is 11.2. The number of hydrogen-bond donors (Lipinski definition) is 2. The number of carbonyl (C=O) groups excluding carboxylic acids is 2. The Labute approximate surface area is 198 Å². The van der Waals surface area contributed by atoms with Gasteiger partial charge >= 0.3 is 0 Å². The van der Waals surface area contributed by atoms with Gasteiger partial charge in [-0.05, 0) is 24.1 Å². The highest BCUT2D eigenvalue weighted by Crippen LogP contribution is 2.45. The van der Waals surface area contributed by atoms with E-state index in [0.29, 0.717) is 17.8 Å². The zero-order valence-corrected chi connectivity index (χ0v) is 18.7. The first kappa shape index (κ1) is 23.2. The van der Waals surface area contributed by atoms with E-state index in [1.807, 2.05) is 78.9 Å². The third-order valence-electron chi connectivity index (χ3n) is 5.77. The lowest BCUT2D eigenvalue weighted by Gasteiger charge is -2.37. The summed E-state index contributed by atoms with van der Waals surface area (Å²) in [5, 5.41) is 8.07. The Balaban J connectivity index is 1.47. The normalized spacial score (nSPS) is 13.1. The fourth-order valence-corrected chi connectivity index (χ4v) is 4.06. The van der Waals surface area contributed by atoms with Crippen molar-refractivity contribution in [1.29, 1.82) is 5.41 Å². The van der Waals surface area contributed by atoms with Crippen LogP contribution in [0, 0.1) is 5.41 Å². The van der Waals surface area contributed by atoms with Crippen LogP contribution in [0.25, 0.3) is 0 Å². The Kier molecular flexibility index (Phi) is 7.34. The molecule has 34 heavy (non-hydrogen) atoms. The number of nitrogens with two attached hydrogens (primary N) is 1. The second kappa shape index (κ2) is 10.8. The Morgan fingerprint density at radius 2 is 1.59 bits per heavy atom. The van der Waals surface area contributed by atoms with Gasteiger partial charge in [-0.1, -0.05) is 66.7 Å². The summed E-state index contributed by atoms with van der Waals surface area (Å²) in [4.78, 5) is 26.5. The van der Waals surface area contributed by atoms with Gasteiger partial charge < -0.3 is 24.9 Å². The molecule has 0 radical (unpaired) electrons. The molecule has 0 unspecified atom stereocenters. The number of carbonyl (C=O) groups is 2. The van der Waals surface area contributed by atoms with Crippen molar-refractivity contribution in [3.8, 4) is 11.5 Å². The van der Waals surface area contributed by atoms with Gasteiger partial charge in [0.1, 0.15) is 24.4 Å². The van der Waals surface area contributed by atoms with E-state index >= 15 is 0 Å². The van der Waals surface area contributed by atoms with Gasteiger partial charge in [0.15, 0.2) is 5.90 Å². The van der Waals surface area contributed by atoms with Crippen molar-refractivity contribution in [3.63, 3.8) is 0 Å². The van der Waals surface area contributed by atoms with Gasteiger partial charge in [0.05, 0.1) is 18.6 Å². The fraction of sp³-hybridized carbons (Fsp3) is 0.222. The minimum absolute atomic E-state index is 0.0656. The summed E-state index contributed by atoms with van der Waals surface area (Å²) in [7, 11) is 0. The molecule has 1 aliphatic rings. The SMILES string of the molecule is N=C(CC[C@H](N)C(=O)N(CC=O)C1c2ccccc2Oc2ccccc21)OCc1ccccc1. The van der Waals surface area contributed by atoms with Crippen LogP contribution in [0.3, 0.4) is 0 Å². The minimum Gasteiger partial charge on any atom is -0.476 e. The summed E-state index contributed by atoms with van der Waals surface area (Å²) >= 11 is 0. The third kappa shape index (κ3) is 5.15. The predicted molar refractivity (Wildman–Crippen MR) is 129 cm³/mol. The Bertz CT molecular complexity index is 1120. The van der Waals surface area contributed by atoms with Crippen molar-refractivity contribution in [2.45, 2.75) is 31.5 Å². The molecular weight excluding hydrogens is 430 g/mol. The predicted octanol–water partition coefficient (Wildman–Crippen LogP) is 4.21. The minimum atomic E-state index is -0.886. The summed E-state index contributed by atoms with van der Waals surface area (Å²) in [5.74, 6) is 0.981. The second-order valence-electron chi connectivity index (χ2n) is 8.08. The fourth-order valence-electron chi connectivity index (χ4n) is 4.06. The van der Waals surface area contributed by atoms with Crippen LogP contribution in [-0.2, 0) is 20.9 Å². The highest BCUT2D eigenvalue weighted by Gasteiger charge is 2.35. The maximum atomic E-state index is 13.4. The molecule has 3 aromatic rings. The third-order valence-corrected chi connectivity index (χ3v) is 5.77. The average Bonchev–Trinajstić information content (AvgIpc) is 2.88. The highest BCUT2D eigenvalue weighted by atomic mass is 16.5. The van der Waals surface area contributed by atoms with Crippen LogP contribution in [0.4, 0.5) is 0 Å². The van der Waals surface area contributed by atoms with Crippen molar-refractivity contribution >= 4 is 18.1 Å². The summed E-state index contributed by atoms with van der Waals surface area (Å²) in [6.07, 6.45) is 1.15. The number of fused-ring (bicyclic) bond motifs is 2. The molecule has 1 heterocycles. The molecule has 0 saturated carbocycles. The number of ether oxygens (including phenoxy) is 2. The molecule has 174 valence electrons. The quantitative estimate of drug-likeness (QED) is 0.284. The lowest BCUT2D eigenvalue weighted by molar-refractivity contribution is -0.136. The number of para-hydroxylation sites is 2. The van der Waals surface area contributed by atoms with Crippen molar-refractivity contribution in [2.24, 2.45) is 5.73 Å². The molecular formula is C27H27N3O4. The van der Waals surface area contributed by atoms with E-state index in [2.05, 4.69) is 0 Å². The van der Waals surface area contributed by atoms with E-state index < -0.39 is 12.1 Å². The summed E-state index contributed by atoms with van der Waals surface area (Å²) in [6, 6.07) is 23.1. The summed E-state index contributed by atoms with van der Waals surface area (Å²) in [5.41, 5.74) is 8.81. The monoisotopic (exact) mass is 457 g/mol. The van der Waals surface area contributed by atoms with E-state index in [1.165, 1.54) is 4.90 Å². The molecule has 0 aromatic heterocycles. The molecule has 1 atom stereocenters. The van der Waals surface area contributed by atoms with E-state index in [-0.39, 0.29) is 37.8 Å². The number of aldehydes is 1. The van der Waals surface area contributed by atoms with E-state index in [0.717, 1.165) is 16.7 Å². The molecule has 0 bridgehead atoms. The van der Waals surface area contributed by atoms with Crippen LogP contribution < -0.4 is 10.5 Å². The second-order valence-corrected chi connectivity index (χ2v) is 8.08. The zero-order chi connectivity index (χ0) is 23.9. The summed E-state index contributed by atoms with van der Waals surface area (Å²) in [6.45, 7) is 0.178. The van der Waals surface area contributed by atoms with Crippen LogP contribution >= 0.6 is 0 Å². The molecule has 0 saturated heterocycles. The van der Waals surface area contributed by atoms with E-state index in [4.69, 9.17) is 20.6 Å². The van der Waals surface area contributed by atoms with E-state index in [9.17, 15) is 9.59 Å². The maximum Gasteiger partial charge on any atom is 0.240 e. The molecule has 7 heteroatoms. The smallest absolute Gasteiger partial charge is 0.240 e. The lowest BCUT2D eigenvalue weighted by atomic mass is 9.92. The number of rotatable bonds is 9. The molecule has 0 spiro atoms. The topological polar surface area (TPSA) is 106 Å². The molecule has 7 nitrogen and oxygen atoms in total. The molecule has 1 amide bonds. The Hall–Kier alpha value is -3.97. The van der Waals surface area contributed by atoms with Crippen LogP contribution in [0.1, 0.15) is 35.6 Å². The van der Waals surface area contributed by atoms with E-state index in [1.54, 1.807) is 0 Å². The molecule has 4 rings (SSSR count). The molecule has 3 aromatic carbocycles. The Morgan fingerprint density at radius 1 is 1.00 bits per heavy atom. The number of nitrogens with zero attached hydrogens (tertiary/aromatic N) is 1. The van der Waals surface area contributed by atoms with Crippen LogP contribution in [0.15, 0.2) is 78.9 Å². The van der Waals surface area contributed by atoms with Gasteiger partial charge in [-0.25, -0.2) is 0 Å². The number of nitrogens with one attached hydrogen (secondary N) is 1. The van der Waals surface area contributed by atoms with Crippen LogP contribution in [0.5, 0.6) is 11.5 Å². The van der Waals surface area contributed by atoms with Gasteiger partial charge in [0.2, 0.25) is 5.91 Å². The maximum absolute atomic E-state index is 13.4. The highest BCUT2D eigenvalue weighted by molar-refractivity contribution is 5.85. The van der Waals surface area contributed by atoms with Crippen molar-refractivity contribution in [3.05, 3.63) is 95.6 Å². The van der Waals surface area contributed by atoms with Gasteiger partial charge in [-0.3, -0.25) is 10.2 Å². The Morgan fingerprint density at radius 3 is 2.21 bits per heavy atom. The zero-order valence-electron chi connectivity index (χ0n) is 18.7. The van der Waals surface area contributed by atoms with Gasteiger partial charge in [0.25, 0.3) is 0 Å². The number of benzene rings is 3. The molecule has 0 aliphatic carbocycles. The average molecular weight is 458 g/mol. The van der Waals surface area contributed by atoms with Gasteiger partial charge in [-0.2, -0.15) is 0 Å². The van der Waals surface area contributed by atoms with Crippen molar-refractivity contribution in [1.82, 2.24) is 4.90 Å². The van der Waals surface area contributed by atoms with Crippen molar-refractivity contribution < 1.29 is 19.1 Å². The molecule has 0 fully saturated rings. The molecule has 3 N–H and O–H groups in total. The van der Waals surface area contributed by atoms with Gasteiger partial charge in [0, 0.05) is 17.5 Å².